The summed E-state index contributed by atoms with van der Waals surface area (Å²) in [6.07, 6.45) is 22.6. The maximum atomic E-state index is 6.03. The van der Waals surface area contributed by atoms with Gasteiger partial charge >= 0.3 is 0 Å². The van der Waals surface area contributed by atoms with Gasteiger partial charge in [0.05, 0.1) is 28.4 Å². The molecule has 0 spiro atoms. The molecule has 0 aromatic heterocycles. The van der Waals surface area contributed by atoms with Crippen molar-refractivity contribution in [3.63, 3.8) is 0 Å². The molecule has 0 amide bonds. The number of hydrogen-bond acceptors (Lipinski definition) is 4. The third-order valence-corrected chi connectivity index (χ3v) is 9.24. The van der Waals surface area contributed by atoms with Gasteiger partial charge in [-0.2, -0.15) is 0 Å². The van der Waals surface area contributed by atoms with E-state index in [1.807, 2.05) is 0 Å². The first-order valence-electron chi connectivity index (χ1n) is 17.2. The molecule has 0 aliphatic heterocycles. The first-order valence-corrected chi connectivity index (χ1v) is 17.2. The van der Waals surface area contributed by atoms with Gasteiger partial charge in [-0.3, -0.25) is 0 Å². The molecular formula is C40H60O4. The minimum atomic E-state index is 0.394. The van der Waals surface area contributed by atoms with Crippen LogP contribution in [0.3, 0.4) is 0 Å². The molecular weight excluding hydrogens is 544 g/mol. The highest BCUT2D eigenvalue weighted by Crippen LogP contribution is 2.43. The molecule has 44 heavy (non-hydrogen) atoms. The van der Waals surface area contributed by atoms with Crippen LogP contribution in [0.15, 0.2) is 48.6 Å². The first-order chi connectivity index (χ1) is 21.4. The van der Waals surface area contributed by atoms with E-state index in [0.29, 0.717) is 23.7 Å². The van der Waals surface area contributed by atoms with E-state index in [1.54, 1.807) is 28.4 Å². The third-order valence-electron chi connectivity index (χ3n) is 9.24. The Bertz CT molecular complexity index is 1050. The summed E-state index contributed by atoms with van der Waals surface area (Å²) in [5, 5.41) is 0. The van der Waals surface area contributed by atoms with Crippen molar-refractivity contribution in [1.82, 2.24) is 0 Å². The second-order valence-corrected chi connectivity index (χ2v) is 12.9. The Kier molecular flexibility index (Phi) is 15.2. The second kappa shape index (κ2) is 18.8. The van der Waals surface area contributed by atoms with E-state index in [-0.39, 0.29) is 0 Å². The average molecular weight is 605 g/mol. The SMILES string of the molecule is CCCC[C@H]1CC/C=C\[C@@H](C)Cc2cc(OC)c(c(OC)c2)[C@@H](CCCC)CC/C=C\[C@@H](C)Cc2cc(OC)c1c(OC)c2. The van der Waals surface area contributed by atoms with Crippen LogP contribution in [0.4, 0.5) is 0 Å². The molecule has 0 unspecified atom stereocenters. The standard InChI is InChI=1S/C40H60O4/c1-9-11-19-33-21-15-13-17-29(3)24-32-27-37(43-7)40(38(28-32)44-8)34(20-12-10-2)22-16-14-18-30(4)23-31-25-35(41-5)39(33)36(26-31)42-6/h13-14,17-18,25-30,33-34H,9-12,15-16,19-24H2,1-8H3/b17-13-,18-14-/t29-,30-,33+,34+/m1/s1. The second-order valence-electron chi connectivity index (χ2n) is 12.9. The normalized spacial score (nSPS) is 22.9. The highest BCUT2D eigenvalue weighted by atomic mass is 16.5. The van der Waals surface area contributed by atoms with Gasteiger partial charge in [-0.05, 0) is 110 Å². The van der Waals surface area contributed by atoms with Crippen LogP contribution in [0.25, 0.3) is 0 Å². The molecule has 244 valence electrons. The fourth-order valence-corrected chi connectivity index (χ4v) is 6.93. The Labute approximate surface area is 269 Å². The van der Waals surface area contributed by atoms with Gasteiger partial charge in [0.15, 0.2) is 0 Å². The Hall–Kier alpha value is -2.88. The van der Waals surface area contributed by atoms with E-state index >= 15 is 0 Å². The van der Waals surface area contributed by atoms with Gasteiger partial charge in [0.25, 0.3) is 0 Å². The highest BCUT2D eigenvalue weighted by Gasteiger charge is 2.24. The highest BCUT2D eigenvalue weighted by molar-refractivity contribution is 5.51. The van der Waals surface area contributed by atoms with E-state index < -0.39 is 0 Å². The Morgan fingerprint density at radius 2 is 0.909 bits per heavy atom. The summed E-state index contributed by atoms with van der Waals surface area (Å²) in [6, 6.07) is 9.03. The van der Waals surface area contributed by atoms with Gasteiger partial charge in [-0.15, -0.1) is 0 Å². The topological polar surface area (TPSA) is 36.9 Å². The molecule has 4 aliphatic carbocycles. The zero-order valence-electron chi connectivity index (χ0n) is 29.0. The summed E-state index contributed by atoms with van der Waals surface area (Å²) in [7, 11) is 7.22. The van der Waals surface area contributed by atoms with Crippen molar-refractivity contribution in [2.45, 2.75) is 117 Å². The van der Waals surface area contributed by atoms with Crippen LogP contribution in [0.5, 0.6) is 23.0 Å². The number of ether oxygens (including phenoxy) is 4. The number of benzene rings is 2. The minimum absolute atomic E-state index is 0.394. The molecule has 0 fully saturated rings. The van der Waals surface area contributed by atoms with Crippen LogP contribution in [0.2, 0.25) is 0 Å². The zero-order valence-corrected chi connectivity index (χ0v) is 29.0. The van der Waals surface area contributed by atoms with Crippen LogP contribution < -0.4 is 18.9 Å². The van der Waals surface area contributed by atoms with Crippen LogP contribution in [0, 0.1) is 11.8 Å². The number of allylic oxidation sites excluding steroid dienone is 4. The van der Waals surface area contributed by atoms with Gasteiger partial charge < -0.3 is 18.9 Å². The molecule has 4 aliphatic rings. The van der Waals surface area contributed by atoms with Crippen molar-refractivity contribution in [3.8, 4) is 23.0 Å². The molecule has 6 rings (SSSR count). The lowest BCUT2D eigenvalue weighted by Crippen LogP contribution is -2.08. The molecule has 4 nitrogen and oxygen atoms in total. The molecule has 0 saturated carbocycles. The summed E-state index contributed by atoms with van der Waals surface area (Å²) in [6.45, 7) is 9.15. The van der Waals surface area contributed by atoms with Crippen molar-refractivity contribution < 1.29 is 18.9 Å². The van der Waals surface area contributed by atoms with Crippen molar-refractivity contribution in [3.05, 3.63) is 70.8 Å². The van der Waals surface area contributed by atoms with Crippen LogP contribution in [0.1, 0.15) is 126 Å². The van der Waals surface area contributed by atoms with Gasteiger partial charge in [0.1, 0.15) is 23.0 Å². The molecule has 2 aromatic carbocycles. The number of hydrogen-bond donors (Lipinski definition) is 0. The van der Waals surface area contributed by atoms with Gasteiger partial charge in [0.2, 0.25) is 0 Å². The van der Waals surface area contributed by atoms with E-state index in [1.165, 1.54) is 47.9 Å². The van der Waals surface area contributed by atoms with Crippen molar-refractivity contribution in [2.24, 2.45) is 11.8 Å². The van der Waals surface area contributed by atoms with E-state index in [0.717, 1.165) is 74.4 Å². The maximum Gasteiger partial charge on any atom is 0.126 e. The molecule has 2 aromatic rings. The first kappa shape index (κ1) is 35.6. The summed E-state index contributed by atoms with van der Waals surface area (Å²) < 4.78 is 24.1. The zero-order chi connectivity index (χ0) is 31.9. The molecule has 0 heterocycles. The summed E-state index contributed by atoms with van der Waals surface area (Å²) in [5.41, 5.74) is 4.99. The smallest absolute Gasteiger partial charge is 0.126 e. The Morgan fingerprint density at radius 3 is 1.20 bits per heavy atom. The fraction of sp³-hybridized carbons (Fsp3) is 0.600. The third kappa shape index (κ3) is 10.1. The molecule has 4 atom stereocenters. The summed E-state index contributed by atoms with van der Waals surface area (Å²) in [4.78, 5) is 0. The lowest BCUT2D eigenvalue weighted by Gasteiger charge is -2.24. The Morgan fingerprint density at radius 1 is 0.568 bits per heavy atom. The average Bonchev–Trinajstić information content (AvgIpc) is 3.03. The largest absolute Gasteiger partial charge is 0.496 e. The molecule has 4 heteroatoms. The van der Waals surface area contributed by atoms with Crippen molar-refractivity contribution in [1.29, 1.82) is 0 Å². The van der Waals surface area contributed by atoms with E-state index in [9.17, 15) is 0 Å². The van der Waals surface area contributed by atoms with Gasteiger partial charge in [-0.1, -0.05) is 77.7 Å². The van der Waals surface area contributed by atoms with Crippen molar-refractivity contribution in [2.75, 3.05) is 28.4 Å². The van der Waals surface area contributed by atoms with Crippen molar-refractivity contribution >= 4 is 0 Å². The van der Waals surface area contributed by atoms with E-state index in [4.69, 9.17) is 18.9 Å². The Balaban J connectivity index is 2.02. The lowest BCUT2D eigenvalue weighted by molar-refractivity contribution is 0.370. The lowest BCUT2D eigenvalue weighted by atomic mass is 9.85. The number of rotatable bonds is 10. The molecule has 0 radical (unpaired) electrons. The molecule has 0 N–H and O–H groups in total. The van der Waals surface area contributed by atoms with Crippen LogP contribution in [-0.4, -0.2) is 28.4 Å². The fourth-order valence-electron chi connectivity index (χ4n) is 6.93. The predicted octanol–water partition coefficient (Wildman–Crippen LogP) is 11.0. The van der Waals surface area contributed by atoms with Crippen LogP contribution >= 0.6 is 0 Å². The number of methoxy groups -OCH3 is 4. The van der Waals surface area contributed by atoms with Gasteiger partial charge in [-0.25, -0.2) is 0 Å². The number of unbranched alkanes of at least 4 members (excludes halogenated alkanes) is 2. The maximum absolute atomic E-state index is 6.03. The monoisotopic (exact) mass is 604 g/mol. The van der Waals surface area contributed by atoms with E-state index in [2.05, 4.69) is 76.3 Å². The molecule has 4 bridgehead atoms. The summed E-state index contributed by atoms with van der Waals surface area (Å²) in [5.74, 6) is 5.50. The molecule has 0 saturated heterocycles. The van der Waals surface area contributed by atoms with Crippen LogP contribution in [-0.2, 0) is 12.8 Å². The predicted molar refractivity (Wildman–Crippen MR) is 186 cm³/mol. The quantitative estimate of drug-likeness (QED) is 0.253. The van der Waals surface area contributed by atoms with Gasteiger partial charge in [0, 0.05) is 11.1 Å². The minimum Gasteiger partial charge on any atom is -0.496 e. The summed E-state index contributed by atoms with van der Waals surface area (Å²) >= 11 is 0.